The molecule has 3 heterocycles. The SMILES string of the molecule is CCc1ccnc2c1c(C(=O)O)c(C)n2C(C)C1CCC(N2CC(COC3CC3)C2)CC1. The van der Waals surface area contributed by atoms with Crippen LogP contribution in [0.15, 0.2) is 12.3 Å². The zero-order valence-corrected chi connectivity index (χ0v) is 19.7. The Labute approximate surface area is 190 Å². The van der Waals surface area contributed by atoms with Gasteiger partial charge in [-0.2, -0.15) is 0 Å². The molecule has 1 saturated heterocycles. The fourth-order valence-electron chi connectivity index (χ4n) is 6.14. The van der Waals surface area contributed by atoms with Gasteiger partial charge in [-0.25, -0.2) is 9.78 Å². The van der Waals surface area contributed by atoms with E-state index in [0.29, 0.717) is 23.6 Å². The minimum absolute atomic E-state index is 0.252. The monoisotopic (exact) mass is 439 g/mol. The molecule has 1 N–H and O–H groups in total. The number of carboxylic acid groups (broad SMARTS) is 1. The summed E-state index contributed by atoms with van der Waals surface area (Å²) in [6, 6.07) is 2.92. The highest BCUT2D eigenvalue weighted by molar-refractivity contribution is 6.05. The van der Waals surface area contributed by atoms with Gasteiger partial charge in [0, 0.05) is 48.4 Å². The van der Waals surface area contributed by atoms with Crippen LogP contribution in [0.3, 0.4) is 0 Å². The summed E-state index contributed by atoms with van der Waals surface area (Å²) in [5.41, 5.74) is 3.19. The Hall–Kier alpha value is -1.92. The van der Waals surface area contributed by atoms with Crippen molar-refractivity contribution in [2.45, 2.75) is 83.9 Å². The second-order valence-electron chi connectivity index (χ2n) is 10.3. The van der Waals surface area contributed by atoms with E-state index in [1.165, 1.54) is 51.6 Å². The third-order valence-electron chi connectivity index (χ3n) is 8.24. The van der Waals surface area contributed by atoms with Crippen LogP contribution in [0.25, 0.3) is 11.0 Å². The molecular weight excluding hydrogens is 402 g/mol. The van der Waals surface area contributed by atoms with Gasteiger partial charge in [0.2, 0.25) is 0 Å². The standard InChI is InChI=1S/C26H37N3O3/c1-4-19-11-12-27-25-24(19)23(26(30)31)17(3)29(25)16(2)20-5-7-21(8-6-20)28-13-18(14-28)15-32-22-9-10-22/h11-12,16,18,20-22H,4-10,13-15H2,1-3H3,(H,30,31). The number of likely N-dealkylation sites (tertiary alicyclic amines) is 1. The molecule has 1 unspecified atom stereocenters. The molecule has 0 amide bonds. The number of hydrogen-bond acceptors (Lipinski definition) is 4. The van der Waals surface area contributed by atoms with Gasteiger partial charge < -0.3 is 14.4 Å². The van der Waals surface area contributed by atoms with Crippen LogP contribution in [0.1, 0.15) is 80.0 Å². The van der Waals surface area contributed by atoms with E-state index in [1.54, 1.807) is 0 Å². The summed E-state index contributed by atoms with van der Waals surface area (Å²) in [7, 11) is 0. The third kappa shape index (κ3) is 3.96. The molecule has 2 aromatic rings. The molecule has 0 spiro atoms. The maximum Gasteiger partial charge on any atom is 0.338 e. The number of rotatable bonds is 8. The van der Waals surface area contributed by atoms with Gasteiger partial charge in [-0.1, -0.05) is 6.92 Å². The highest BCUT2D eigenvalue weighted by Gasteiger charge is 2.37. The van der Waals surface area contributed by atoms with Gasteiger partial charge in [-0.3, -0.25) is 4.90 Å². The van der Waals surface area contributed by atoms with Gasteiger partial charge >= 0.3 is 5.97 Å². The van der Waals surface area contributed by atoms with Crippen LogP contribution in [0.4, 0.5) is 0 Å². The number of carbonyl (C=O) groups is 1. The molecule has 0 radical (unpaired) electrons. The number of aromatic nitrogens is 2. The van der Waals surface area contributed by atoms with E-state index in [4.69, 9.17) is 4.74 Å². The van der Waals surface area contributed by atoms with Gasteiger partial charge in [0.05, 0.1) is 18.3 Å². The second kappa shape index (κ2) is 8.79. The summed E-state index contributed by atoms with van der Waals surface area (Å²) < 4.78 is 8.11. The largest absolute Gasteiger partial charge is 0.478 e. The van der Waals surface area contributed by atoms with Gasteiger partial charge in [0.15, 0.2) is 0 Å². The molecule has 5 rings (SSSR count). The van der Waals surface area contributed by atoms with Crippen LogP contribution in [-0.4, -0.2) is 57.4 Å². The van der Waals surface area contributed by atoms with Gasteiger partial charge in [-0.05, 0) is 76.3 Å². The Kier molecular flexibility index (Phi) is 6.01. The number of pyridine rings is 1. The lowest BCUT2D eigenvalue weighted by molar-refractivity contribution is -0.0257. The number of nitrogens with zero attached hydrogens (tertiary/aromatic N) is 3. The van der Waals surface area contributed by atoms with Crippen molar-refractivity contribution in [1.29, 1.82) is 0 Å². The van der Waals surface area contributed by atoms with Crippen LogP contribution >= 0.6 is 0 Å². The summed E-state index contributed by atoms with van der Waals surface area (Å²) in [6.45, 7) is 9.65. The first kappa shape index (κ1) is 21.9. The molecule has 0 aromatic carbocycles. The molecule has 2 aliphatic carbocycles. The van der Waals surface area contributed by atoms with Crippen molar-refractivity contribution in [3.63, 3.8) is 0 Å². The van der Waals surface area contributed by atoms with Crippen molar-refractivity contribution in [2.75, 3.05) is 19.7 Å². The Morgan fingerprint density at radius 2 is 1.94 bits per heavy atom. The van der Waals surface area contributed by atoms with E-state index >= 15 is 0 Å². The molecule has 1 aliphatic heterocycles. The van der Waals surface area contributed by atoms with Gasteiger partial charge in [-0.15, -0.1) is 0 Å². The molecular formula is C26H37N3O3. The lowest BCUT2D eigenvalue weighted by atomic mass is 9.80. The Morgan fingerprint density at radius 1 is 1.22 bits per heavy atom. The summed E-state index contributed by atoms with van der Waals surface area (Å²) in [4.78, 5) is 19.5. The fourth-order valence-corrected chi connectivity index (χ4v) is 6.14. The number of ether oxygens (including phenoxy) is 1. The number of aromatic carboxylic acids is 1. The fraction of sp³-hybridized carbons (Fsp3) is 0.692. The summed E-state index contributed by atoms with van der Waals surface area (Å²) in [6.07, 6.45) is 10.6. The molecule has 3 aliphatic rings. The first-order valence-electron chi connectivity index (χ1n) is 12.5. The van der Waals surface area contributed by atoms with Crippen molar-refractivity contribution < 1.29 is 14.6 Å². The van der Waals surface area contributed by atoms with Crippen molar-refractivity contribution >= 4 is 17.0 Å². The van der Waals surface area contributed by atoms with Crippen LogP contribution in [0, 0.1) is 18.8 Å². The lowest BCUT2D eigenvalue weighted by Crippen LogP contribution is -2.54. The smallest absolute Gasteiger partial charge is 0.338 e. The summed E-state index contributed by atoms with van der Waals surface area (Å²) >= 11 is 0. The first-order chi connectivity index (χ1) is 15.5. The molecule has 1 atom stereocenters. The number of aryl methyl sites for hydroxylation is 1. The Morgan fingerprint density at radius 3 is 2.56 bits per heavy atom. The molecule has 3 fully saturated rings. The molecule has 6 heteroatoms. The predicted molar refractivity (Wildman–Crippen MR) is 125 cm³/mol. The van der Waals surface area contributed by atoms with Crippen molar-refractivity contribution in [1.82, 2.24) is 14.5 Å². The van der Waals surface area contributed by atoms with Crippen LogP contribution in [0.2, 0.25) is 0 Å². The average molecular weight is 440 g/mol. The van der Waals surface area contributed by atoms with Crippen molar-refractivity contribution in [3.05, 3.63) is 29.1 Å². The van der Waals surface area contributed by atoms with Crippen LogP contribution in [0.5, 0.6) is 0 Å². The van der Waals surface area contributed by atoms with Crippen molar-refractivity contribution in [3.8, 4) is 0 Å². The molecule has 2 saturated carbocycles. The van der Waals surface area contributed by atoms with Crippen LogP contribution < -0.4 is 0 Å². The molecule has 32 heavy (non-hydrogen) atoms. The van der Waals surface area contributed by atoms with E-state index in [9.17, 15) is 9.90 Å². The lowest BCUT2D eigenvalue weighted by Gasteiger charge is -2.47. The molecule has 174 valence electrons. The number of fused-ring (bicyclic) bond motifs is 1. The van der Waals surface area contributed by atoms with E-state index in [0.717, 1.165) is 41.2 Å². The predicted octanol–water partition coefficient (Wildman–Crippen LogP) is 4.84. The quantitative estimate of drug-likeness (QED) is 0.638. The second-order valence-corrected chi connectivity index (χ2v) is 10.3. The maximum atomic E-state index is 12.1. The van der Waals surface area contributed by atoms with E-state index < -0.39 is 5.97 Å². The molecule has 6 nitrogen and oxygen atoms in total. The zero-order valence-electron chi connectivity index (χ0n) is 19.7. The van der Waals surface area contributed by atoms with E-state index in [1.807, 2.05) is 19.2 Å². The first-order valence-corrected chi connectivity index (χ1v) is 12.5. The number of hydrogen-bond donors (Lipinski definition) is 1. The third-order valence-corrected chi connectivity index (χ3v) is 8.24. The highest BCUT2D eigenvalue weighted by Crippen LogP contribution is 2.40. The topological polar surface area (TPSA) is 67.6 Å². The van der Waals surface area contributed by atoms with E-state index in [-0.39, 0.29) is 6.04 Å². The maximum absolute atomic E-state index is 12.1. The van der Waals surface area contributed by atoms with Gasteiger partial charge in [0.25, 0.3) is 0 Å². The Balaban J connectivity index is 1.26. The normalized spacial score (nSPS) is 25.7. The number of carboxylic acids is 1. The molecule has 2 aromatic heterocycles. The van der Waals surface area contributed by atoms with Gasteiger partial charge in [0.1, 0.15) is 5.65 Å². The summed E-state index contributed by atoms with van der Waals surface area (Å²) in [5, 5.41) is 10.8. The summed E-state index contributed by atoms with van der Waals surface area (Å²) in [5.74, 6) is 0.446. The van der Waals surface area contributed by atoms with Crippen LogP contribution in [-0.2, 0) is 11.2 Å². The highest BCUT2D eigenvalue weighted by atomic mass is 16.5. The zero-order chi connectivity index (χ0) is 22.4. The molecule has 0 bridgehead atoms. The minimum atomic E-state index is -0.845. The average Bonchev–Trinajstić information content (AvgIpc) is 3.53. The van der Waals surface area contributed by atoms with Crippen molar-refractivity contribution in [2.24, 2.45) is 11.8 Å². The van der Waals surface area contributed by atoms with E-state index in [2.05, 4.69) is 28.3 Å². The minimum Gasteiger partial charge on any atom is -0.478 e. The Bertz CT molecular complexity index is 982.